The van der Waals surface area contributed by atoms with Crippen molar-refractivity contribution in [2.24, 2.45) is 17.8 Å². The van der Waals surface area contributed by atoms with Crippen LogP contribution in [0, 0.1) is 24.7 Å². The average molecular weight is 410 g/mol. The molecule has 0 N–H and O–H groups in total. The van der Waals surface area contributed by atoms with Crippen molar-refractivity contribution in [1.82, 2.24) is 14.8 Å². The van der Waals surface area contributed by atoms with Crippen molar-refractivity contribution in [3.63, 3.8) is 0 Å². The normalized spacial score (nSPS) is 32.1. The number of rotatable bonds is 3. The predicted molar refractivity (Wildman–Crippen MR) is 116 cm³/mol. The lowest BCUT2D eigenvalue weighted by Crippen LogP contribution is -2.65. The zero-order valence-electron chi connectivity index (χ0n) is 18.3. The van der Waals surface area contributed by atoms with Crippen molar-refractivity contribution in [2.75, 3.05) is 13.1 Å². The average Bonchev–Trinajstić information content (AvgIpc) is 2.77. The van der Waals surface area contributed by atoms with Crippen LogP contribution in [0.1, 0.15) is 80.3 Å². The van der Waals surface area contributed by atoms with Gasteiger partial charge in [-0.1, -0.05) is 32.1 Å². The standard InChI is InChI=1S/C25H35N3O2/c1-17-10-11-19(14-26-17)25(30)27-15-20-13-21(16-27)23(12-18-6-3-2-4-7-18)28-22(20)8-5-9-24(28)29/h10-11,14,18,20-23H,2-9,12-13,15-16H2,1H3/t20-,21+,22+,23+/m1/s1. The van der Waals surface area contributed by atoms with Gasteiger partial charge in [0.05, 0.1) is 5.56 Å². The van der Waals surface area contributed by atoms with Gasteiger partial charge in [-0.2, -0.15) is 0 Å². The fourth-order valence-electron chi connectivity index (χ4n) is 6.79. The Morgan fingerprint density at radius 2 is 1.87 bits per heavy atom. The molecule has 2 bridgehead atoms. The molecule has 0 unspecified atom stereocenters. The second-order valence-corrected chi connectivity index (χ2v) is 10.2. The van der Waals surface area contributed by atoms with E-state index in [0.29, 0.717) is 35.4 Å². The van der Waals surface area contributed by atoms with Gasteiger partial charge in [0, 0.05) is 43.5 Å². The molecule has 1 aromatic heterocycles. The first-order valence-corrected chi connectivity index (χ1v) is 12.1. The molecule has 5 heteroatoms. The third-order valence-corrected chi connectivity index (χ3v) is 8.24. The van der Waals surface area contributed by atoms with Crippen molar-refractivity contribution < 1.29 is 9.59 Å². The molecule has 1 aliphatic carbocycles. The van der Waals surface area contributed by atoms with Crippen LogP contribution in [0.2, 0.25) is 0 Å². The molecular formula is C25H35N3O2. The lowest BCUT2D eigenvalue weighted by molar-refractivity contribution is -0.153. The first kappa shape index (κ1) is 20.0. The van der Waals surface area contributed by atoms with Crippen molar-refractivity contribution >= 4 is 11.8 Å². The number of likely N-dealkylation sites (tertiary alicyclic amines) is 1. The number of fused-ring (bicyclic) bond motifs is 4. The lowest BCUT2D eigenvalue weighted by atomic mass is 9.69. The monoisotopic (exact) mass is 409 g/mol. The van der Waals surface area contributed by atoms with E-state index in [9.17, 15) is 9.59 Å². The Bertz CT molecular complexity index is 786. The number of aryl methyl sites for hydroxylation is 1. The van der Waals surface area contributed by atoms with Crippen LogP contribution in [-0.4, -0.2) is 51.8 Å². The minimum absolute atomic E-state index is 0.115. The van der Waals surface area contributed by atoms with Gasteiger partial charge >= 0.3 is 0 Å². The number of pyridine rings is 1. The molecule has 5 rings (SSSR count). The van der Waals surface area contributed by atoms with Crippen LogP contribution in [0.15, 0.2) is 18.3 Å². The molecule has 1 saturated carbocycles. The highest BCUT2D eigenvalue weighted by atomic mass is 16.2. The summed E-state index contributed by atoms with van der Waals surface area (Å²) in [6, 6.07) is 4.49. The zero-order valence-corrected chi connectivity index (χ0v) is 18.3. The molecule has 30 heavy (non-hydrogen) atoms. The number of carbonyl (C=O) groups excluding carboxylic acids is 2. The number of hydrogen-bond donors (Lipinski definition) is 0. The van der Waals surface area contributed by atoms with Crippen molar-refractivity contribution in [2.45, 2.75) is 83.2 Å². The van der Waals surface area contributed by atoms with Crippen molar-refractivity contribution in [1.29, 1.82) is 0 Å². The summed E-state index contributed by atoms with van der Waals surface area (Å²) < 4.78 is 0. The van der Waals surface area contributed by atoms with Gasteiger partial charge in [0.2, 0.25) is 5.91 Å². The first-order chi connectivity index (χ1) is 14.6. The molecule has 4 fully saturated rings. The van der Waals surface area contributed by atoms with Crippen LogP contribution in [0.4, 0.5) is 0 Å². The minimum Gasteiger partial charge on any atom is -0.338 e. The Morgan fingerprint density at radius 3 is 2.63 bits per heavy atom. The van der Waals surface area contributed by atoms with Gasteiger partial charge in [0.1, 0.15) is 0 Å². The Labute approximate surface area is 180 Å². The molecule has 162 valence electrons. The number of aromatic nitrogens is 1. The van der Waals surface area contributed by atoms with Crippen LogP contribution in [-0.2, 0) is 4.79 Å². The summed E-state index contributed by atoms with van der Waals surface area (Å²) in [6.45, 7) is 3.52. The summed E-state index contributed by atoms with van der Waals surface area (Å²) in [4.78, 5) is 35.0. The van der Waals surface area contributed by atoms with E-state index in [2.05, 4.69) is 14.8 Å². The van der Waals surface area contributed by atoms with Crippen LogP contribution in [0.25, 0.3) is 0 Å². The number of piperidine rings is 3. The van der Waals surface area contributed by atoms with Crippen molar-refractivity contribution in [3.8, 4) is 0 Å². The zero-order chi connectivity index (χ0) is 20.7. The summed E-state index contributed by atoms with van der Waals surface area (Å²) >= 11 is 0. The highest BCUT2D eigenvalue weighted by Crippen LogP contribution is 2.44. The molecule has 0 radical (unpaired) electrons. The van der Waals surface area contributed by atoms with Crippen LogP contribution in [0.3, 0.4) is 0 Å². The highest BCUT2D eigenvalue weighted by molar-refractivity contribution is 5.94. The molecular weight excluding hydrogens is 374 g/mol. The largest absolute Gasteiger partial charge is 0.338 e. The fraction of sp³-hybridized carbons (Fsp3) is 0.720. The summed E-state index contributed by atoms with van der Waals surface area (Å²) in [6.07, 6.45) is 13.6. The van der Waals surface area contributed by atoms with Gasteiger partial charge in [0.15, 0.2) is 0 Å². The highest BCUT2D eigenvalue weighted by Gasteiger charge is 2.50. The Morgan fingerprint density at radius 1 is 1.07 bits per heavy atom. The molecule has 3 saturated heterocycles. The maximum absolute atomic E-state index is 13.3. The lowest BCUT2D eigenvalue weighted by Gasteiger charge is -2.57. The SMILES string of the molecule is Cc1ccc(C(=O)N2C[C@H]3C[C@@H](C2)[C@H](CC2CCCCC2)N2C(=O)CCC[C@@H]32)cn1. The van der Waals surface area contributed by atoms with Gasteiger partial charge < -0.3 is 9.80 Å². The Hall–Kier alpha value is -1.91. The van der Waals surface area contributed by atoms with E-state index in [1.54, 1.807) is 6.20 Å². The second kappa shape index (κ2) is 8.32. The topological polar surface area (TPSA) is 53.5 Å². The van der Waals surface area contributed by atoms with Crippen LogP contribution < -0.4 is 0 Å². The van der Waals surface area contributed by atoms with E-state index in [1.807, 2.05) is 19.1 Å². The summed E-state index contributed by atoms with van der Waals surface area (Å²) in [5, 5.41) is 0. The summed E-state index contributed by atoms with van der Waals surface area (Å²) in [5.74, 6) is 2.10. The molecule has 3 aliphatic heterocycles. The molecule has 0 aromatic carbocycles. The maximum atomic E-state index is 13.3. The van der Waals surface area contributed by atoms with E-state index in [0.717, 1.165) is 50.4 Å². The molecule has 2 amide bonds. The molecule has 5 nitrogen and oxygen atoms in total. The molecule has 0 spiro atoms. The van der Waals surface area contributed by atoms with Gasteiger partial charge in [-0.05, 0) is 62.5 Å². The van der Waals surface area contributed by atoms with Crippen LogP contribution >= 0.6 is 0 Å². The quantitative estimate of drug-likeness (QED) is 0.752. The first-order valence-electron chi connectivity index (χ1n) is 12.1. The minimum atomic E-state index is 0.115. The Balaban J connectivity index is 1.39. The number of amides is 2. The molecule has 4 aliphatic rings. The van der Waals surface area contributed by atoms with Crippen LogP contribution in [0.5, 0.6) is 0 Å². The van der Waals surface area contributed by atoms with E-state index < -0.39 is 0 Å². The van der Waals surface area contributed by atoms with Gasteiger partial charge in [-0.25, -0.2) is 0 Å². The maximum Gasteiger partial charge on any atom is 0.255 e. The number of nitrogens with zero attached hydrogens (tertiary/aromatic N) is 3. The van der Waals surface area contributed by atoms with E-state index in [1.165, 1.54) is 38.5 Å². The second-order valence-electron chi connectivity index (χ2n) is 10.2. The van der Waals surface area contributed by atoms with Gasteiger partial charge in [-0.15, -0.1) is 0 Å². The molecule has 4 heterocycles. The van der Waals surface area contributed by atoms with E-state index in [4.69, 9.17) is 0 Å². The molecule has 4 atom stereocenters. The molecule has 1 aromatic rings. The third-order valence-electron chi connectivity index (χ3n) is 8.24. The smallest absolute Gasteiger partial charge is 0.255 e. The third kappa shape index (κ3) is 3.76. The predicted octanol–water partition coefficient (Wildman–Crippen LogP) is 4.20. The fourth-order valence-corrected chi connectivity index (χ4v) is 6.79. The number of carbonyl (C=O) groups is 2. The summed E-state index contributed by atoms with van der Waals surface area (Å²) in [7, 11) is 0. The number of hydrogen-bond acceptors (Lipinski definition) is 3. The van der Waals surface area contributed by atoms with Crippen molar-refractivity contribution in [3.05, 3.63) is 29.6 Å². The Kier molecular flexibility index (Phi) is 5.55. The van der Waals surface area contributed by atoms with E-state index in [-0.39, 0.29) is 5.91 Å². The van der Waals surface area contributed by atoms with Gasteiger partial charge in [-0.3, -0.25) is 14.6 Å². The van der Waals surface area contributed by atoms with Gasteiger partial charge in [0.25, 0.3) is 5.91 Å². The van der Waals surface area contributed by atoms with E-state index >= 15 is 0 Å². The summed E-state index contributed by atoms with van der Waals surface area (Å²) in [5.41, 5.74) is 1.63.